The average Bonchev–Trinajstić information content (AvgIpc) is 2.80. The zero-order valence-electron chi connectivity index (χ0n) is 17.8. The SMILES string of the molecule is C[C@@H](CN[C@H](c1ccccc1)[C@H]1CNc2cccnc2O1)c1cc(CC(=O)O)ccc1Cl. The Bertz CT molecular complexity index is 1080. The number of aliphatic carboxylic acids is 1. The highest BCUT2D eigenvalue weighted by Crippen LogP contribution is 2.31. The molecule has 0 spiro atoms. The van der Waals surface area contributed by atoms with Gasteiger partial charge in [0.1, 0.15) is 6.10 Å². The van der Waals surface area contributed by atoms with Crippen LogP contribution in [0.25, 0.3) is 0 Å². The molecule has 0 bridgehead atoms. The number of nitrogens with zero attached hydrogens (tertiary/aromatic N) is 1. The molecular formula is C25H26ClN3O3. The normalized spacial score (nSPS) is 16.9. The summed E-state index contributed by atoms with van der Waals surface area (Å²) < 4.78 is 6.25. The van der Waals surface area contributed by atoms with E-state index in [-0.39, 0.29) is 24.5 Å². The number of hydrogen-bond donors (Lipinski definition) is 3. The minimum atomic E-state index is -0.857. The Kier molecular flexibility index (Phi) is 6.93. The van der Waals surface area contributed by atoms with E-state index in [2.05, 4.69) is 34.7 Å². The number of halogens is 1. The molecule has 3 aromatic rings. The largest absolute Gasteiger partial charge is 0.481 e. The fourth-order valence-corrected chi connectivity index (χ4v) is 4.30. The van der Waals surface area contributed by atoms with E-state index in [4.69, 9.17) is 21.4 Å². The minimum absolute atomic E-state index is 0.0229. The van der Waals surface area contributed by atoms with Crippen molar-refractivity contribution in [2.45, 2.75) is 31.4 Å². The summed E-state index contributed by atoms with van der Waals surface area (Å²) in [4.78, 5) is 15.5. The number of aromatic nitrogens is 1. The van der Waals surface area contributed by atoms with Crippen LogP contribution in [0.2, 0.25) is 5.02 Å². The Balaban J connectivity index is 1.52. The van der Waals surface area contributed by atoms with Crippen molar-refractivity contribution in [1.29, 1.82) is 0 Å². The van der Waals surface area contributed by atoms with Crippen LogP contribution in [0.15, 0.2) is 66.9 Å². The molecule has 3 N–H and O–H groups in total. The maximum absolute atomic E-state index is 11.1. The molecule has 7 heteroatoms. The van der Waals surface area contributed by atoms with E-state index < -0.39 is 5.97 Å². The number of nitrogens with one attached hydrogen (secondary N) is 2. The molecule has 3 atom stereocenters. The number of anilines is 1. The van der Waals surface area contributed by atoms with Crippen molar-refractivity contribution < 1.29 is 14.6 Å². The number of benzene rings is 2. The quantitative estimate of drug-likeness (QED) is 0.461. The van der Waals surface area contributed by atoms with Crippen LogP contribution < -0.4 is 15.4 Å². The number of fused-ring (bicyclic) bond motifs is 1. The van der Waals surface area contributed by atoms with Crippen LogP contribution in [-0.2, 0) is 11.2 Å². The highest BCUT2D eigenvalue weighted by Gasteiger charge is 2.29. The molecule has 1 aliphatic heterocycles. The molecule has 0 amide bonds. The number of carbonyl (C=O) groups is 1. The third-order valence-corrected chi connectivity index (χ3v) is 5.99. The summed E-state index contributed by atoms with van der Waals surface area (Å²) in [6.07, 6.45) is 1.55. The predicted octanol–water partition coefficient (Wildman–Crippen LogP) is 4.67. The summed E-state index contributed by atoms with van der Waals surface area (Å²) in [5, 5.41) is 16.8. The molecular weight excluding hydrogens is 426 g/mol. The molecule has 32 heavy (non-hydrogen) atoms. The Hall–Kier alpha value is -3.09. The van der Waals surface area contributed by atoms with Crippen molar-refractivity contribution in [2.75, 3.05) is 18.4 Å². The summed E-state index contributed by atoms with van der Waals surface area (Å²) in [6.45, 7) is 3.37. The first-order valence-electron chi connectivity index (χ1n) is 10.6. The van der Waals surface area contributed by atoms with Crippen molar-refractivity contribution in [1.82, 2.24) is 10.3 Å². The fraction of sp³-hybridized carbons (Fsp3) is 0.280. The van der Waals surface area contributed by atoms with Crippen LogP contribution in [0.4, 0.5) is 5.69 Å². The molecule has 0 fully saturated rings. The molecule has 1 aromatic heterocycles. The minimum Gasteiger partial charge on any atom is -0.481 e. The van der Waals surface area contributed by atoms with Crippen LogP contribution in [-0.4, -0.2) is 35.3 Å². The Morgan fingerprint density at radius 1 is 1.25 bits per heavy atom. The smallest absolute Gasteiger partial charge is 0.307 e. The number of hydrogen-bond acceptors (Lipinski definition) is 5. The molecule has 0 radical (unpaired) electrons. The van der Waals surface area contributed by atoms with E-state index in [1.165, 1.54) is 0 Å². The molecule has 0 saturated heterocycles. The van der Waals surface area contributed by atoms with Crippen LogP contribution in [0.1, 0.15) is 35.6 Å². The van der Waals surface area contributed by atoms with E-state index in [1.807, 2.05) is 36.4 Å². The third kappa shape index (κ3) is 5.21. The van der Waals surface area contributed by atoms with Crippen molar-refractivity contribution >= 4 is 23.3 Å². The third-order valence-electron chi connectivity index (χ3n) is 5.65. The van der Waals surface area contributed by atoms with Gasteiger partial charge in [-0.25, -0.2) is 4.98 Å². The average molecular weight is 452 g/mol. The van der Waals surface area contributed by atoms with Gasteiger partial charge < -0.3 is 20.5 Å². The van der Waals surface area contributed by atoms with E-state index in [0.29, 0.717) is 24.0 Å². The maximum Gasteiger partial charge on any atom is 0.307 e. The second-order valence-electron chi connectivity index (χ2n) is 8.02. The summed E-state index contributed by atoms with van der Waals surface area (Å²) >= 11 is 6.45. The van der Waals surface area contributed by atoms with Gasteiger partial charge in [0.2, 0.25) is 5.88 Å². The maximum atomic E-state index is 11.1. The second-order valence-corrected chi connectivity index (χ2v) is 8.42. The van der Waals surface area contributed by atoms with Gasteiger partial charge in [-0.1, -0.05) is 61.0 Å². The lowest BCUT2D eigenvalue weighted by atomic mass is 9.95. The lowest BCUT2D eigenvalue weighted by molar-refractivity contribution is -0.136. The van der Waals surface area contributed by atoms with Gasteiger partial charge in [-0.15, -0.1) is 0 Å². The predicted molar refractivity (Wildman–Crippen MR) is 126 cm³/mol. The van der Waals surface area contributed by atoms with Gasteiger partial charge >= 0.3 is 5.97 Å². The van der Waals surface area contributed by atoms with Crippen LogP contribution >= 0.6 is 11.6 Å². The van der Waals surface area contributed by atoms with Crippen LogP contribution in [0.3, 0.4) is 0 Å². The van der Waals surface area contributed by atoms with Gasteiger partial charge in [0.05, 0.1) is 24.7 Å². The molecule has 0 aliphatic carbocycles. The first-order valence-corrected chi connectivity index (χ1v) is 11.0. The summed E-state index contributed by atoms with van der Waals surface area (Å²) in [7, 11) is 0. The van der Waals surface area contributed by atoms with Gasteiger partial charge in [-0.3, -0.25) is 4.79 Å². The van der Waals surface area contributed by atoms with Gasteiger partial charge in [0.15, 0.2) is 0 Å². The van der Waals surface area contributed by atoms with Crippen LogP contribution in [0, 0.1) is 0 Å². The monoisotopic (exact) mass is 451 g/mol. The Morgan fingerprint density at radius 3 is 2.84 bits per heavy atom. The first-order chi connectivity index (χ1) is 15.5. The number of carboxylic acid groups (broad SMARTS) is 1. The lowest BCUT2D eigenvalue weighted by Gasteiger charge is -2.33. The van der Waals surface area contributed by atoms with Gasteiger partial charge in [0, 0.05) is 17.8 Å². The molecule has 2 heterocycles. The Morgan fingerprint density at radius 2 is 2.06 bits per heavy atom. The van der Waals surface area contributed by atoms with Crippen molar-refractivity contribution in [3.8, 4) is 5.88 Å². The molecule has 0 unspecified atom stereocenters. The summed E-state index contributed by atoms with van der Waals surface area (Å²) in [5.41, 5.74) is 3.69. The van der Waals surface area contributed by atoms with Crippen molar-refractivity contribution in [2.24, 2.45) is 0 Å². The highest BCUT2D eigenvalue weighted by molar-refractivity contribution is 6.31. The van der Waals surface area contributed by atoms with E-state index >= 15 is 0 Å². The van der Waals surface area contributed by atoms with Gasteiger partial charge in [-0.2, -0.15) is 0 Å². The number of carboxylic acids is 1. The zero-order chi connectivity index (χ0) is 22.5. The molecule has 2 aromatic carbocycles. The fourth-order valence-electron chi connectivity index (χ4n) is 3.99. The molecule has 6 nitrogen and oxygen atoms in total. The molecule has 1 aliphatic rings. The van der Waals surface area contributed by atoms with Crippen molar-refractivity contribution in [3.05, 3.63) is 88.6 Å². The topological polar surface area (TPSA) is 83.5 Å². The highest BCUT2D eigenvalue weighted by atomic mass is 35.5. The number of pyridine rings is 1. The Labute approximate surface area is 192 Å². The summed E-state index contributed by atoms with van der Waals surface area (Å²) in [5.74, 6) is -0.183. The first kappa shape index (κ1) is 22.1. The molecule has 4 rings (SSSR count). The van der Waals surface area contributed by atoms with Gasteiger partial charge in [-0.05, 0) is 40.8 Å². The van der Waals surface area contributed by atoms with Gasteiger partial charge in [0.25, 0.3) is 0 Å². The van der Waals surface area contributed by atoms with E-state index in [9.17, 15) is 4.79 Å². The molecule has 0 saturated carbocycles. The van der Waals surface area contributed by atoms with Crippen molar-refractivity contribution in [3.63, 3.8) is 0 Å². The van der Waals surface area contributed by atoms with E-state index in [0.717, 1.165) is 22.4 Å². The lowest BCUT2D eigenvalue weighted by Crippen LogP contribution is -2.43. The standard InChI is InChI=1S/C25H26ClN3O3/c1-16(19-12-17(13-23(30)31)9-10-20(19)26)14-29-24(18-6-3-2-4-7-18)22-15-28-21-8-5-11-27-25(21)32-22/h2-12,16,22,24,28-29H,13-15H2,1H3,(H,30,31)/t16-,22+,24+/m0/s1. The second kappa shape index (κ2) is 10.0. The number of ether oxygens (including phenoxy) is 1. The van der Waals surface area contributed by atoms with Crippen LogP contribution in [0.5, 0.6) is 5.88 Å². The summed E-state index contributed by atoms with van der Waals surface area (Å²) in [6, 6.07) is 19.4. The number of rotatable bonds is 8. The van der Waals surface area contributed by atoms with E-state index in [1.54, 1.807) is 18.3 Å². The molecule has 166 valence electrons. The zero-order valence-corrected chi connectivity index (χ0v) is 18.5.